The smallest absolute Gasteiger partial charge is 0.264 e. The van der Waals surface area contributed by atoms with Crippen molar-refractivity contribution >= 4 is 28.7 Å². The third-order valence-electron chi connectivity index (χ3n) is 3.76. The molecule has 0 aromatic carbocycles. The Balaban J connectivity index is 1.64. The van der Waals surface area contributed by atoms with Crippen molar-refractivity contribution in [3.05, 3.63) is 40.2 Å². The molecule has 0 aliphatic carbocycles. The monoisotopic (exact) mass is 302 g/mol. The topological polar surface area (TPSA) is 62.5 Å². The number of hydrogen-bond acceptors (Lipinski definition) is 5. The summed E-state index contributed by atoms with van der Waals surface area (Å²) in [5.74, 6) is 0.679. The van der Waals surface area contributed by atoms with E-state index in [4.69, 9.17) is 5.73 Å². The van der Waals surface area contributed by atoms with Gasteiger partial charge < -0.3 is 15.5 Å². The largest absolute Gasteiger partial charge is 0.384 e. The van der Waals surface area contributed by atoms with Crippen molar-refractivity contribution in [2.24, 2.45) is 0 Å². The van der Waals surface area contributed by atoms with E-state index in [2.05, 4.69) is 9.88 Å². The number of carbonyl (C=O) groups is 1. The second-order valence-corrected chi connectivity index (χ2v) is 6.07. The normalized spacial score (nSPS) is 15.3. The molecule has 3 heterocycles. The van der Waals surface area contributed by atoms with Crippen molar-refractivity contribution in [2.75, 3.05) is 36.8 Å². The number of aryl methyl sites for hydroxylation is 1. The molecule has 1 aliphatic heterocycles. The number of piperazine rings is 1. The van der Waals surface area contributed by atoms with Crippen molar-refractivity contribution in [1.29, 1.82) is 0 Å². The zero-order valence-corrected chi connectivity index (χ0v) is 12.8. The van der Waals surface area contributed by atoms with E-state index in [1.807, 2.05) is 35.4 Å². The summed E-state index contributed by atoms with van der Waals surface area (Å²) >= 11 is 1.52. The van der Waals surface area contributed by atoms with Crippen LogP contribution >= 0.6 is 11.3 Å². The molecule has 1 fully saturated rings. The number of anilines is 2. The zero-order valence-electron chi connectivity index (χ0n) is 12.0. The molecule has 2 aromatic heterocycles. The van der Waals surface area contributed by atoms with Gasteiger partial charge >= 0.3 is 0 Å². The maximum Gasteiger partial charge on any atom is 0.264 e. The highest BCUT2D eigenvalue weighted by Crippen LogP contribution is 2.21. The van der Waals surface area contributed by atoms with Gasteiger partial charge in [-0.15, -0.1) is 11.3 Å². The molecule has 3 rings (SSSR count). The predicted molar refractivity (Wildman–Crippen MR) is 85.8 cm³/mol. The van der Waals surface area contributed by atoms with Gasteiger partial charge in [0, 0.05) is 26.2 Å². The fourth-order valence-electron chi connectivity index (χ4n) is 2.49. The number of amides is 1. The Bertz CT molecular complexity index is 629. The minimum absolute atomic E-state index is 0.151. The zero-order chi connectivity index (χ0) is 14.8. The van der Waals surface area contributed by atoms with Crippen LogP contribution < -0.4 is 10.6 Å². The molecule has 5 nitrogen and oxygen atoms in total. The van der Waals surface area contributed by atoms with Gasteiger partial charge in [-0.3, -0.25) is 4.79 Å². The van der Waals surface area contributed by atoms with Crippen LogP contribution in [0.15, 0.2) is 29.8 Å². The summed E-state index contributed by atoms with van der Waals surface area (Å²) in [5, 5.41) is 1.97. The fourth-order valence-corrected chi connectivity index (χ4v) is 3.38. The van der Waals surface area contributed by atoms with Gasteiger partial charge in [0.25, 0.3) is 5.91 Å². The van der Waals surface area contributed by atoms with Gasteiger partial charge in [0.1, 0.15) is 5.82 Å². The molecule has 1 aliphatic rings. The predicted octanol–water partition coefficient (Wildman–Crippen LogP) is 2.00. The molecule has 1 saturated heterocycles. The van der Waals surface area contributed by atoms with Gasteiger partial charge in [-0.2, -0.15) is 0 Å². The average molecular weight is 302 g/mol. The van der Waals surface area contributed by atoms with Crippen LogP contribution in [0.4, 0.5) is 11.5 Å². The molecule has 0 atom stereocenters. The average Bonchev–Trinajstić information content (AvgIpc) is 2.94. The summed E-state index contributed by atoms with van der Waals surface area (Å²) in [4.78, 5) is 21.6. The molecule has 0 spiro atoms. The van der Waals surface area contributed by atoms with Crippen molar-refractivity contribution in [2.45, 2.75) is 6.92 Å². The minimum atomic E-state index is 0.151. The second-order valence-electron chi connectivity index (χ2n) is 5.15. The first kappa shape index (κ1) is 13.9. The molecule has 0 unspecified atom stereocenters. The number of nitrogens with two attached hydrogens (primary N) is 1. The van der Waals surface area contributed by atoms with Gasteiger partial charge in [-0.1, -0.05) is 0 Å². The van der Waals surface area contributed by atoms with Gasteiger partial charge in [0.15, 0.2) is 0 Å². The van der Waals surface area contributed by atoms with E-state index in [0.29, 0.717) is 5.82 Å². The molecule has 0 saturated carbocycles. The summed E-state index contributed by atoms with van der Waals surface area (Å²) < 4.78 is 0. The highest BCUT2D eigenvalue weighted by molar-refractivity contribution is 7.12. The highest BCUT2D eigenvalue weighted by Gasteiger charge is 2.24. The Morgan fingerprint density at radius 2 is 2.00 bits per heavy atom. The van der Waals surface area contributed by atoms with Gasteiger partial charge in [-0.05, 0) is 36.1 Å². The first-order valence-electron chi connectivity index (χ1n) is 6.95. The number of rotatable bonds is 2. The highest BCUT2D eigenvalue weighted by atomic mass is 32.1. The fraction of sp³-hybridized carbons (Fsp3) is 0.333. The number of thiophene rings is 1. The SMILES string of the molecule is Cc1ccsc1C(=O)N1CCN(c2ccc(N)nc2)CC1. The van der Waals surface area contributed by atoms with E-state index in [0.717, 1.165) is 42.3 Å². The van der Waals surface area contributed by atoms with Crippen molar-refractivity contribution in [1.82, 2.24) is 9.88 Å². The third kappa shape index (κ3) is 2.85. The van der Waals surface area contributed by atoms with Crippen LogP contribution in [0.1, 0.15) is 15.2 Å². The lowest BCUT2D eigenvalue weighted by Crippen LogP contribution is -2.48. The Labute approximate surface area is 128 Å². The van der Waals surface area contributed by atoms with Crippen molar-refractivity contribution in [3.8, 4) is 0 Å². The summed E-state index contributed by atoms with van der Waals surface area (Å²) in [6.45, 7) is 5.10. The number of hydrogen-bond donors (Lipinski definition) is 1. The molecule has 21 heavy (non-hydrogen) atoms. The molecule has 6 heteroatoms. The van der Waals surface area contributed by atoms with Gasteiger partial charge in [0.05, 0.1) is 16.8 Å². The van der Waals surface area contributed by atoms with Crippen LogP contribution in [0.5, 0.6) is 0 Å². The molecule has 0 radical (unpaired) electrons. The molecular weight excluding hydrogens is 284 g/mol. The second kappa shape index (κ2) is 5.73. The van der Waals surface area contributed by atoms with Crippen LogP contribution in [-0.4, -0.2) is 42.0 Å². The Morgan fingerprint density at radius 3 is 2.57 bits per heavy atom. The number of pyridine rings is 1. The Hall–Kier alpha value is -2.08. The molecule has 2 N–H and O–H groups in total. The van der Waals surface area contributed by atoms with Crippen LogP contribution in [0.25, 0.3) is 0 Å². The summed E-state index contributed by atoms with van der Waals surface area (Å²) in [7, 11) is 0. The number of carbonyl (C=O) groups excluding carboxylic acids is 1. The van der Waals surface area contributed by atoms with E-state index < -0.39 is 0 Å². The molecule has 0 bridgehead atoms. The lowest BCUT2D eigenvalue weighted by atomic mass is 10.2. The maximum atomic E-state index is 12.5. The third-order valence-corrected chi connectivity index (χ3v) is 4.76. The summed E-state index contributed by atoms with van der Waals surface area (Å²) in [6.07, 6.45) is 1.79. The molecule has 1 amide bonds. The Morgan fingerprint density at radius 1 is 1.24 bits per heavy atom. The quantitative estimate of drug-likeness (QED) is 0.921. The molecule has 2 aromatic rings. The number of nitrogens with zero attached hydrogens (tertiary/aromatic N) is 3. The summed E-state index contributed by atoms with van der Waals surface area (Å²) in [5.41, 5.74) is 7.73. The summed E-state index contributed by atoms with van der Waals surface area (Å²) in [6, 6.07) is 5.78. The Kier molecular flexibility index (Phi) is 3.79. The van der Waals surface area contributed by atoms with E-state index >= 15 is 0 Å². The number of aromatic nitrogens is 1. The van der Waals surface area contributed by atoms with E-state index in [1.54, 1.807) is 6.20 Å². The van der Waals surface area contributed by atoms with Crippen LogP contribution in [0, 0.1) is 6.92 Å². The van der Waals surface area contributed by atoms with Crippen LogP contribution in [0.2, 0.25) is 0 Å². The van der Waals surface area contributed by atoms with E-state index in [9.17, 15) is 4.79 Å². The first-order valence-corrected chi connectivity index (χ1v) is 7.83. The lowest BCUT2D eigenvalue weighted by Gasteiger charge is -2.35. The molecule has 110 valence electrons. The van der Waals surface area contributed by atoms with Gasteiger partial charge in [0.2, 0.25) is 0 Å². The number of nitrogen functional groups attached to an aromatic ring is 1. The van der Waals surface area contributed by atoms with Gasteiger partial charge in [-0.25, -0.2) is 4.98 Å². The van der Waals surface area contributed by atoms with Crippen LogP contribution in [0.3, 0.4) is 0 Å². The van der Waals surface area contributed by atoms with Crippen molar-refractivity contribution < 1.29 is 4.79 Å². The lowest BCUT2D eigenvalue weighted by molar-refractivity contribution is 0.0751. The maximum absolute atomic E-state index is 12.5. The molecular formula is C15H18N4OS. The van der Waals surface area contributed by atoms with E-state index in [1.165, 1.54) is 11.3 Å². The minimum Gasteiger partial charge on any atom is -0.384 e. The first-order chi connectivity index (χ1) is 10.1. The van der Waals surface area contributed by atoms with E-state index in [-0.39, 0.29) is 5.91 Å². The van der Waals surface area contributed by atoms with Crippen molar-refractivity contribution in [3.63, 3.8) is 0 Å². The standard InChI is InChI=1S/C15H18N4OS/c1-11-4-9-21-14(11)15(20)19-7-5-18(6-8-19)12-2-3-13(16)17-10-12/h2-4,9-10H,5-8H2,1H3,(H2,16,17). The van der Waals surface area contributed by atoms with Crippen LogP contribution in [-0.2, 0) is 0 Å².